The summed E-state index contributed by atoms with van der Waals surface area (Å²) in [4.78, 5) is 13.1. The number of halogens is 2. The van der Waals surface area contributed by atoms with E-state index in [-0.39, 0.29) is 28.6 Å². The maximum absolute atomic E-state index is 13.3. The normalized spacial score (nSPS) is 11.1. The van der Waals surface area contributed by atoms with Crippen molar-refractivity contribution in [3.63, 3.8) is 0 Å². The number of anilines is 1. The summed E-state index contributed by atoms with van der Waals surface area (Å²) in [6.07, 6.45) is 0.259. The average molecular weight is 494 g/mol. The molecule has 0 bridgehead atoms. The molecule has 0 aliphatic heterocycles. The highest BCUT2D eigenvalue weighted by Gasteiger charge is 2.31. The van der Waals surface area contributed by atoms with Gasteiger partial charge in [-0.25, -0.2) is 12.7 Å². The summed E-state index contributed by atoms with van der Waals surface area (Å²) >= 11 is 12.0. The molecular formula is C23H21Cl2NO5S. The zero-order chi connectivity index (χ0) is 23.1. The Balaban J connectivity index is 1.81. The van der Waals surface area contributed by atoms with E-state index in [0.717, 1.165) is 4.31 Å². The van der Waals surface area contributed by atoms with E-state index in [2.05, 4.69) is 0 Å². The van der Waals surface area contributed by atoms with Crippen LogP contribution in [-0.4, -0.2) is 28.0 Å². The second kappa shape index (κ2) is 10.7. The van der Waals surface area contributed by atoms with Gasteiger partial charge in [-0.15, -0.1) is 0 Å². The SMILES string of the molecule is COc1ccc(N(C(=O)CCCOc2ccc(Cl)cc2)S(=O)(=O)c2ccccc2)cc1Cl. The molecule has 1 amide bonds. The molecule has 168 valence electrons. The van der Waals surface area contributed by atoms with E-state index in [0.29, 0.717) is 22.9 Å². The van der Waals surface area contributed by atoms with Gasteiger partial charge in [-0.3, -0.25) is 4.79 Å². The Morgan fingerprint density at radius 1 is 0.969 bits per heavy atom. The van der Waals surface area contributed by atoms with Crippen LogP contribution in [0, 0.1) is 0 Å². The first-order chi connectivity index (χ1) is 15.3. The lowest BCUT2D eigenvalue weighted by molar-refractivity contribution is -0.117. The van der Waals surface area contributed by atoms with Crippen molar-refractivity contribution in [1.82, 2.24) is 0 Å². The number of sulfonamides is 1. The molecule has 0 radical (unpaired) electrons. The summed E-state index contributed by atoms with van der Waals surface area (Å²) in [5.41, 5.74) is 0.128. The van der Waals surface area contributed by atoms with Crippen LogP contribution in [-0.2, 0) is 14.8 Å². The lowest BCUT2D eigenvalue weighted by atomic mass is 10.2. The number of hydrogen-bond acceptors (Lipinski definition) is 5. The van der Waals surface area contributed by atoms with E-state index >= 15 is 0 Å². The molecule has 0 spiro atoms. The second-order valence-electron chi connectivity index (χ2n) is 6.70. The standard InChI is InChI=1S/C23H21Cl2NO5S/c1-30-22-14-11-18(16-21(22)25)26(32(28,29)20-6-3-2-4-7-20)23(27)8-5-15-31-19-12-9-17(24)10-13-19/h2-4,6-7,9-14,16H,5,8,15H2,1H3. The van der Waals surface area contributed by atoms with Gasteiger partial charge in [-0.1, -0.05) is 41.4 Å². The average Bonchev–Trinajstić information content (AvgIpc) is 2.78. The van der Waals surface area contributed by atoms with Gasteiger partial charge < -0.3 is 9.47 Å². The molecule has 3 aromatic rings. The third kappa shape index (κ3) is 5.73. The summed E-state index contributed by atoms with van der Waals surface area (Å²) in [7, 11) is -2.71. The Bertz CT molecular complexity index is 1170. The van der Waals surface area contributed by atoms with Gasteiger partial charge in [0.15, 0.2) is 0 Å². The van der Waals surface area contributed by atoms with Crippen molar-refractivity contribution in [3.8, 4) is 11.5 Å². The Kier molecular flexibility index (Phi) is 8.01. The highest BCUT2D eigenvalue weighted by molar-refractivity contribution is 7.93. The number of methoxy groups -OCH3 is 1. The maximum Gasteiger partial charge on any atom is 0.270 e. The van der Waals surface area contributed by atoms with Crippen molar-refractivity contribution >= 4 is 44.8 Å². The number of hydrogen-bond donors (Lipinski definition) is 0. The molecule has 3 aromatic carbocycles. The van der Waals surface area contributed by atoms with Crippen LogP contribution in [0.2, 0.25) is 10.0 Å². The van der Waals surface area contributed by atoms with Crippen LogP contribution in [0.4, 0.5) is 5.69 Å². The van der Waals surface area contributed by atoms with Gasteiger partial charge in [0.2, 0.25) is 5.91 Å². The van der Waals surface area contributed by atoms with Gasteiger partial charge in [0.1, 0.15) is 11.5 Å². The molecule has 0 saturated heterocycles. The van der Waals surface area contributed by atoms with Crippen LogP contribution in [0.1, 0.15) is 12.8 Å². The molecule has 32 heavy (non-hydrogen) atoms. The molecule has 0 aromatic heterocycles. The van der Waals surface area contributed by atoms with E-state index in [1.807, 2.05) is 0 Å². The van der Waals surface area contributed by atoms with Gasteiger partial charge in [0.25, 0.3) is 10.0 Å². The molecule has 0 atom stereocenters. The molecule has 9 heteroatoms. The largest absolute Gasteiger partial charge is 0.495 e. The highest BCUT2D eigenvalue weighted by atomic mass is 35.5. The second-order valence-corrected chi connectivity index (χ2v) is 9.33. The monoisotopic (exact) mass is 493 g/mol. The van der Waals surface area contributed by atoms with E-state index in [1.165, 1.54) is 37.4 Å². The minimum atomic E-state index is -4.15. The molecule has 0 N–H and O–H groups in total. The molecule has 0 aliphatic carbocycles. The van der Waals surface area contributed by atoms with E-state index < -0.39 is 15.9 Å². The zero-order valence-electron chi connectivity index (χ0n) is 17.2. The molecule has 0 unspecified atom stereocenters. The topological polar surface area (TPSA) is 72.9 Å². The number of rotatable bonds is 9. The van der Waals surface area contributed by atoms with E-state index in [9.17, 15) is 13.2 Å². The van der Waals surface area contributed by atoms with Crippen molar-refractivity contribution in [2.75, 3.05) is 18.0 Å². The van der Waals surface area contributed by atoms with Gasteiger partial charge in [0.05, 0.1) is 29.3 Å². The number of ether oxygens (including phenoxy) is 2. The van der Waals surface area contributed by atoms with Crippen molar-refractivity contribution in [2.24, 2.45) is 0 Å². The predicted molar refractivity (Wildman–Crippen MR) is 125 cm³/mol. The fourth-order valence-corrected chi connectivity index (χ4v) is 4.78. The van der Waals surface area contributed by atoms with Crippen molar-refractivity contribution in [3.05, 3.63) is 82.8 Å². The number of nitrogens with zero attached hydrogens (tertiary/aromatic N) is 1. The molecule has 3 rings (SSSR count). The Morgan fingerprint density at radius 3 is 2.28 bits per heavy atom. The lowest BCUT2D eigenvalue weighted by Gasteiger charge is -2.23. The summed E-state index contributed by atoms with van der Waals surface area (Å²) in [5.74, 6) is 0.378. The van der Waals surface area contributed by atoms with Crippen molar-refractivity contribution < 1.29 is 22.7 Å². The summed E-state index contributed by atoms with van der Waals surface area (Å²) < 4.78 is 38.1. The van der Waals surface area contributed by atoms with Gasteiger partial charge in [0, 0.05) is 11.4 Å². The minimum absolute atomic E-state index is 0.00213. The van der Waals surface area contributed by atoms with Crippen LogP contribution in [0.5, 0.6) is 11.5 Å². The maximum atomic E-state index is 13.3. The summed E-state index contributed by atoms with van der Waals surface area (Å²) in [6.45, 7) is 0.232. The zero-order valence-corrected chi connectivity index (χ0v) is 19.5. The summed E-state index contributed by atoms with van der Waals surface area (Å²) in [6, 6.07) is 19.0. The van der Waals surface area contributed by atoms with Crippen LogP contribution >= 0.6 is 23.2 Å². The van der Waals surface area contributed by atoms with Crippen LogP contribution in [0.15, 0.2) is 77.7 Å². The van der Waals surface area contributed by atoms with Crippen LogP contribution in [0.25, 0.3) is 0 Å². The van der Waals surface area contributed by atoms with E-state index in [4.69, 9.17) is 32.7 Å². The quantitative estimate of drug-likeness (QED) is 0.363. The summed E-state index contributed by atoms with van der Waals surface area (Å²) in [5, 5.41) is 0.782. The Morgan fingerprint density at radius 2 is 1.66 bits per heavy atom. The first-order valence-electron chi connectivity index (χ1n) is 9.68. The first kappa shape index (κ1) is 23.9. The van der Waals surface area contributed by atoms with Gasteiger partial charge in [-0.2, -0.15) is 0 Å². The smallest absolute Gasteiger partial charge is 0.270 e. The molecule has 0 aliphatic rings. The lowest BCUT2D eigenvalue weighted by Crippen LogP contribution is -2.37. The number of carbonyl (C=O) groups is 1. The Labute approximate surface area is 197 Å². The third-order valence-corrected chi connectivity index (χ3v) is 6.81. The predicted octanol–water partition coefficient (Wildman–Crippen LogP) is 5.58. The number of amides is 1. The molecular weight excluding hydrogens is 473 g/mol. The fourth-order valence-electron chi connectivity index (χ4n) is 2.94. The fraction of sp³-hybridized carbons (Fsp3) is 0.174. The minimum Gasteiger partial charge on any atom is -0.495 e. The van der Waals surface area contributed by atoms with Crippen LogP contribution in [0.3, 0.4) is 0 Å². The molecule has 0 fully saturated rings. The van der Waals surface area contributed by atoms with Crippen molar-refractivity contribution in [1.29, 1.82) is 0 Å². The van der Waals surface area contributed by atoms with Gasteiger partial charge in [-0.05, 0) is 61.0 Å². The first-order valence-corrected chi connectivity index (χ1v) is 11.9. The molecule has 6 nitrogen and oxygen atoms in total. The number of benzene rings is 3. The van der Waals surface area contributed by atoms with Gasteiger partial charge >= 0.3 is 0 Å². The number of carbonyl (C=O) groups excluding carboxylic acids is 1. The third-order valence-electron chi connectivity index (χ3n) is 4.50. The Hall–Kier alpha value is -2.74. The molecule has 0 saturated carbocycles. The highest BCUT2D eigenvalue weighted by Crippen LogP contribution is 2.32. The van der Waals surface area contributed by atoms with E-state index in [1.54, 1.807) is 42.5 Å². The van der Waals surface area contributed by atoms with Crippen LogP contribution < -0.4 is 13.8 Å². The molecule has 0 heterocycles. The van der Waals surface area contributed by atoms with Crippen molar-refractivity contribution in [2.45, 2.75) is 17.7 Å².